The van der Waals surface area contributed by atoms with Crippen LogP contribution in [0.4, 0.5) is 5.69 Å². The molecule has 1 aliphatic carbocycles. The van der Waals surface area contributed by atoms with Crippen molar-refractivity contribution >= 4 is 15.7 Å². The highest BCUT2D eigenvalue weighted by Gasteiger charge is 2.18. The molecule has 2 aromatic carbocycles. The van der Waals surface area contributed by atoms with Crippen LogP contribution in [0.3, 0.4) is 0 Å². The highest BCUT2D eigenvalue weighted by Crippen LogP contribution is 2.25. The predicted octanol–water partition coefficient (Wildman–Crippen LogP) is 2.41. The maximum absolute atomic E-state index is 12.6. The van der Waals surface area contributed by atoms with Gasteiger partial charge in [0, 0.05) is 38.4 Å². The van der Waals surface area contributed by atoms with Gasteiger partial charge in [-0.1, -0.05) is 18.2 Å². The Morgan fingerprint density at radius 2 is 1.63 bits per heavy atom. The Morgan fingerprint density at radius 1 is 0.926 bits per heavy atom. The van der Waals surface area contributed by atoms with Crippen molar-refractivity contribution in [1.29, 1.82) is 0 Å². The molecule has 0 atom stereocenters. The fourth-order valence-corrected chi connectivity index (χ4v) is 4.93. The molecule has 0 bridgehead atoms. The number of rotatable bonds is 5. The van der Waals surface area contributed by atoms with Crippen LogP contribution in [0.5, 0.6) is 0 Å². The summed E-state index contributed by atoms with van der Waals surface area (Å²) in [5.41, 5.74) is 4.63. The first-order valence-corrected chi connectivity index (χ1v) is 11.1. The van der Waals surface area contributed by atoms with Gasteiger partial charge < -0.3 is 9.80 Å². The number of nitrogens with one attached hydrogen (secondary N) is 1. The maximum atomic E-state index is 12.6. The summed E-state index contributed by atoms with van der Waals surface area (Å²) in [6.07, 6.45) is 3.15. The van der Waals surface area contributed by atoms with Gasteiger partial charge >= 0.3 is 0 Å². The van der Waals surface area contributed by atoms with E-state index in [1.807, 2.05) is 24.3 Å². The third kappa shape index (κ3) is 4.18. The van der Waals surface area contributed by atoms with Crippen molar-refractivity contribution in [1.82, 2.24) is 9.62 Å². The Balaban J connectivity index is 1.39. The van der Waals surface area contributed by atoms with Crippen LogP contribution in [-0.4, -0.2) is 46.5 Å². The molecule has 1 aliphatic heterocycles. The van der Waals surface area contributed by atoms with Gasteiger partial charge in [0.25, 0.3) is 0 Å². The molecule has 1 fully saturated rings. The van der Waals surface area contributed by atoms with Gasteiger partial charge in [0.15, 0.2) is 0 Å². The molecule has 0 saturated carbocycles. The summed E-state index contributed by atoms with van der Waals surface area (Å²) >= 11 is 0. The molecule has 2 aromatic rings. The second-order valence-corrected chi connectivity index (χ2v) is 9.33. The normalized spacial score (nSPS) is 17.9. The fourth-order valence-electron chi connectivity index (χ4n) is 3.87. The lowest BCUT2D eigenvalue weighted by Gasteiger charge is -2.34. The molecular weight excluding hydrogens is 358 g/mol. The fraction of sp³-hybridized carbons (Fsp3) is 0.429. The van der Waals surface area contributed by atoms with E-state index in [1.165, 1.54) is 16.8 Å². The summed E-state index contributed by atoms with van der Waals surface area (Å²) in [5, 5.41) is 0. The molecule has 6 heteroatoms. The number of sulfonamides is 1. The van der Waals surface area contributed by atoms with Gasteiger partial charge in [-0.3, -0.25) is 0 Å². The first-order valence-electron chi connectivity index (χ1n) is 9.65. The standard InChI is InChI=1S/C21H27N3O2S/c1-23-11-13-24(14-12-23)20-8-5-17(6-9-20)16-22-27(25,26)21-10-7-18-3-2-4-19(18)15-21/h5-10,15,22H,2-4,11-14,16H2,1H3. The number of fused-ring (bicyclic) bond motifs is 1. The van der Waals surface area contributed by atoms with Crippen molar-refractivity contribution in [2.45, 2.75) is 30.7 Å². The molecule has 144 valence electrons. The maximum Gasteiger partial charge on any atom is 0.240 e. The number of benzene rings is 2. The molecule has 1 N–H and O–H groups in total. The first-order chi connectivity index (χ1) is 13.0. The lowest BCUT2D eigenvalue weighted by Crippen LogP contribution is -2.44. The number of piperazine rings is 1. The zero-order valence-electron chi connectivity index (χ0n) is 15.8. The number of hydrogen-bond acceptors (Lipinski definition) is 4. The summed E-state index contributed by atoms with van der Waals surface area (Å²) in [5.74, 6) is 0. The quantitative estimate of drug-likeness (QED) is 0.859. The highest BCUT2D eigenvalue weighted by atomic mass is 32.2. The molecule has 4 rings (SSSR count). The van der Waals surface area contributed by atoms with Crippen LogP contribution in [0.15, 0.2) is 47.4 Å². The number of hydrogen-bond donors (Lipinski definition) is 1. The number of nitrogens with zero attached hydrogens (tertiary/aromatic N) is 2. The van der Waals surface area contributed by atoms with Gasteiger partial charge in [0.2, 0.25) is 10.0 Å². The van der Waals surface area contributed by atoms with Gasteiger partial charge in [-0.15, -0.1) is 0 Å². The predicted molar refractivity (Wildman–Crippen MR) is 109 cm³/mol. The zero-order valence-corrected chi connectivity index (χ0v) is 16.6. The Labute approximate surface area is 162 Å². The minimum Gasteiger partial charge on any atom is -0.369 e. The topological polar surface area (TPSA) is 52.6 Å². The monoisotopic (exact) mass is 385 g/mol. The van der Waals surface area contributed by atoms with Gasteiger partial charge in [-0.2, -0.15) is 0 Å². The Bertz CT molecular complexity index is 902. The third-order valence-electron chi connectivity index (χ3n) is 5.65. The second-order valence-electron chi connectivity index (χ2n) is 7.57. The summed E-state index contributed by atoms with van der Waals surface area (Å²) in [7, 11) is -1.34. The SMILES string of the molecule is CN1CCN(c2ccc(CNS(=O)(=O)c3ccc4c(c3)CCC4)cc2)CC1. The summed E-state index contributed by atoms with van der Waals surface area (Å²) in [6, 6.07) is 13.7. The van der Waals surface area contributed by atoms with E-state index in [1.54, 1.807) is 6.07 Å². The number of aryl methyl sites for hydroxylation is 2. The molecule has 0 spiro atoms. The lowest BCUT2D eigenvalue weighted by atomic mass is 10.1. The van der Waals surface area contributed by atoms with E-state index < -0.39 is 10.0 Å². The van der Waals surface area contributed by atoms with Gasteiger partial charge in [0.1, 0.15) is 0 Å². The van der Waals surface area contributed by atoms with E-state index in [0.717, 1.165) is 51.0 Å². The smallest absolute Gasteiger partial charge is 0.240 e. The van der Waals surface area contributed by atoms with Crippen LogP contribution in [0.1, 0.15) is 23.1 Å². The average Bonchev–Trinajstić information content (AvgIpc) is 3.15. The van der Waals surface area contributed by atoms with Crippen molar-refractivity contribution in [3.05, 3.63) is 59.2 Å². The molecular formula is C21H27N3O2S. The van der Waals surface area contributed by atoms with Crippen molar-refractivity contribution < 1.29 is 8.42 Å². The Morgan fingerprint density at radius 3 is 2.37 bits per heavy atom. The van der Waals surface area contributed by atoms with Crippen LogP contribution in [0, 0.1) is 0 Å². The average molecular weight is 386 g/mol. The van der Waals surface area contributed by atoms with Crippen LogP contribution in [0.25, 0.3) is 0 Å². The van der Waals surface area contributed by atoms with Crippen molar-refractivity contribution in [2.24, 2.45) is 0 Å². The van der Waals surface area contributed by atoms with Crippen LogP contribution in [-0.2, 0) is 29.4 Å². The lowest BCUT2D eigenvalue weighted by molar-refractivity contribution is 0.313. The van der Waals surface area contributed by atoms with E-state index in [2.05, 4.69) is 33.7 Å². The van der Waals surface area contributed by atoms with Gasteiger partial charge in [-0.25, -0.2) is 13.1 Å². The first kappa shape index (κ1) is 18.5. The molecule has 0 radical (unpaired) electrons. The highest BCUT2D eigenvalue weighted by molar-refractivity contribution is 7.89. The summed E-state index contributed by atoms with van der Waals surface area (Å²) < 4.78 is 28.0. The molecule has 1 saturated heterocycles. The molecule has 1 heterocycles. The Hall–Kier alpha value is -1.89. The number of likely N-dealkylation sites (N-methyl/N-ethyl adjacent to an activating group) is 1. The molecule has 0 unspecified atom stereocenters. The van der Waals surface area contributed by atoms with Gasteiger partial charge in [0.05, 0.1) is 4.90 Å². The van der Waals surface area contributed by atoms with E-state index >= 15 is 0 Å². The summed E-state index contributed by atoms with van der Waals surface area (Å²) in [4.78, 5) is 5.08. The number of anilines is 1. The van der Waals surface area contributed by atoms with Crippen molar-refractivity contribution in [2.75, 3.05) is 38.1 Å². The third-order valence-corrected chi connectivity index (χ3v) is 7.05. The Kier molecular flexibility index (Phi) is 5.21. The zero-order chi connectivity index (χ0) is 18.9. The largest absolute Gasteiger partial charge is 0.369 e. The van der Waals surface area contributed by atoms with E-state index in [0.29, 0.717) is 11.4 Å². The second kappa shape index (κ2) is 7.62. The molecule has 0 amide bonds. The van der Waals surface area contributed by atoms with E-state index in [-0.39, 0.29) is 0 Å². The molecule has 27 heavy (non-hydrogen) atoms. The van der Waals surface area contributed by atoms with E-state index in [9.17, 15) is 8.42 Å². The van der Waals surface area contributed by atoms with Crippen LogP contribution < -0.4 is 9.62 Å². The minimum atomic E-state index is -3.48. The van der Waals surface area contributed by atoms with Crippen LogP contribution >= 0.6 is 0 Å². The van der Waals surface area contributed by atoms with Crippen molar-refractivity contribution in [3.8, 4) is 0 Å². The van der Waals surface area contributed by atoms with Crippen LogP contribution in [0.2, 0.25) is 0 Å². The van der Waals surface area contributed by atoms with E-state index in [4.69, 9.17) is 0 Å². The van der Waals surface area contributed by atoms with Crippen molar-refractivity contribution in [3.63, 3.8) is 0 Å². The minimum absolute atomic E-state index is 0.308. The van der Waals surface area contributed by atoms with Gasteiger partial charge in [-0.05, 0) is 67.3 Å². The molecule has 0 aromatic heterocycles. The summed E-state index contributed by atoms with van der Waals surface area (Å²) in [6.45, 7) is 4.51. The molecule has 2 aliphatic rings. The molecule has 5 nitrogen and oxygen atoms in total.